The van der Waals surface area contributed by atoms with Crippen molar-refractivity contribution in [3.63, 3.8) is 0 Å². The van der Waals surface area contributed by atoms with Gasteiger partial charge in [-0.1, -0.05) is 41.9 Å². The maximum Gasteiger partial charge on any atom is 0.429 e. The molecule has 0 amide bonds. The maximum atomic E-state index is 14.7. The molecule has 12 heteroatoms. The van der Waals surface area contributed by atoms with Crippen molar-refractivity contribution >= 4 is 29.3 Å². The Hall–Kier alpha value is -3.57. The normalized spacial score (nSPS) is 20.5. The van der Waals surface area contributed by atoms with Crippen LogP contribution in [0.25, 0.3) is 11.1 Å². The zero-order valence-corrected chi connectivity index (χ0v) is 25.1. The van der Waals surface area contributed by atoms with Crippen molar-refractivity contribution in [2.75, 3.05) is 36.9 Å². The zero-order chi connectivity index (χ0) is 31.1. The van der Waals surface area contributed by atoms with Crippen molar-refractivity contribution < 1.29 is 27.4 Å². The molecule has 2 saturated heterocycles. The van der Waals surface area contributed by atoms with E-state index in [0.29, 0.717) is 60.5 Å². The molecular formula is C32H35ClF3N5O3. The average Bonchev–Trinajstić information content (AvgIpc) is 3.77. The number of carbonyl (C=O) groups is 1. The first-order chi connectivity index (χ1) is 21.0. The summed E-state index contributed by atoms with van der Waals surface area (Å²) in [6.45, 7) is 4.00. The van der Waals surface area contributed by atoms with Crippen molar-refractivity contribution in [1.29, 1.82) is 0 Å². The fourth-order valence-corrected chi connectivity index (χ4v) is 6.55. The van der Waals surface area contributed by atoms with Crippen molar-refractivity contribution in [3.8, 4) is 17.0 Å². The highest BCUT2D eigenvalue weighted by molar-refractivity contribution is 6.30. The molecule has 3 N–H and O–H groups in total. The number of esters is 1. The molecule has 0 unspecified atom stereocenters. The molecule has 8 nitrogen and oxygen atoms in total. The Bertz CT molecular complexity index is 1530. The number of piperidine rings is 1. The molecule has 3 heterocycles. The van der Waals surface area contributed by atoms with Gasteiger partial charge in [-0.2, -0.15) is 23.1 Å². The number of nitrogens with zero attached hydrogens (tertiary/aromatic N) is 3. The highest BCUT2D eigenvalue weighted by Crippen LogP contribution is 2.45. The number of ether oxygens (including phenoxy) is 2. The van der Waals surface area contributed by atoms with Gasteiger partial charge in [-0.25, -0.2) is 0 Å². The van der Waals surface area contributed by atoms with Crippen molar-refractivity contribution in [2.45, 2.75) is 63.3 Å². The van der Waals surface area contributed by atoms with Crippen molar-refractivity contribution in [2.24, 2.45) is 5.41 Å². The average molecular weight is 630 g/mol. The number of nitrogen functional groups attached to an aromatic ring is 1. The third kappa shape index (κ3) is 6.58. The third-order valence-electron chi connectivity index (χ3n) is 8.87. The van der Waals surface area contributed by atoms with Gasteiger partial charge in [0.2, 0.25) is 17.9 Å². The lowest BCUT2D eigenvalue weighted by Crippen LogP contribution is -2.41. The SMILES string of the molecule is CCOC(=O)[C@@H]1CC2(CCN(c3cc(O[C@H](c4ccc(Cl)cc4-c4cccc(C5CC5)c4)C(F)(F)F)nc(N)n3)CC2)CN1. The molecule has 234 valence electrons. The van der Waals surface area contributed by atoms with E-state index in [1.54, 1.807) is 19.1 Å². The predicted octanol–water partition coefficient (Wildman–Crippen LogP) is 6.45. The Balaban J connectivity index is 1.23. The van der Waals surface area contributed by atoms with E-state index in [4.69, 9.17) is 26.8 Å². The Morgan fingerprint density at radius 2 is 1.93 bits per heavy atom. The second-order valence-electron chi connectivity index (χ2n) is 12.0. The summed E-state index contributed by atoms with van der Waals surface area (Å²) in [6.07, 6.45) is -2.72. The molecule has 1 aliphatic carbocycles. The quantitative estimate of drug-likeness (QED) is 0.274. The molecule has 0 bridgehead atoms. The molecule has 3 aliphatic rings. The van der Waals surface area contributed by atoms with Crippen LogP contribution in [0.2, 0.25) is 5.02 Å². The van der Waals surface area contributed by atoms with Gasteiger partial charge in [0.15, 0.2) is 0 Å². The predicted molar refractivity (Wildman–Crippen MR) is 162 cm³/mol. The van der Waals surface area contributed by atoms with E-state index in [9.17, 15) is 18.0 Å². The second-order valence-corrected chi connectivity index (χ2v) is 12.4. The Morgan fingerprint density at radius 1 is 1.16 bits per heavy atom. The van der Waals surface area contributed by atoms with Crippen LogP contribution in [-0.2, 0) is 9.53 Å². The topological polar surface area (TPSA) is 103 Å². The number of alkyl halides is 3. The van der Waals surface area contributed by atoms with Crippen LogP contribution in [0.4, 0.5) is 24.9 Å². The number of nitrogens with two attached hydrogens (primary N) is 1. The smallest absolute Gasteiger partial charge is 0.429 e. The summed E-state index contributed by atoms with van der Waals surface area (Å²) in [5, 5.41) is 3.61. The first-order valence-corrected chi connectivity index (χ1v) is 15.3. The lowest BCUT2D eigenvalue weighted by molar-refractivity contribution is -0.198. The van der Waals surface area contributed by atoms with Gasteiger partial charge in [0.1, 0.15) is 11.9 Å². The molecule has 2 aliphatic heterocycles. The van der Waals surface area contributed by atoms with E-state index < -0.39 is 12.3 Å². The van der Waals surface area contributed by atoms with Gasteiger partial charge in [0.05, 0.1) is 6.61 Å². The van der Waals surface area contributed by atoms with Crippen molar-refractivity contribution in [1.82, 2.24) is 15.3 Å². The van der Waals surface area contributed by atoms with Gasteiger partial charge < -0.3 is 25.4 Å². The lowest BCUT2D eigenvalue weighted by atomic mass is 9.76. The summed E-state index contributed by atoms with van der Waals surface area (Å²) >= 11 is 6.28. The lowest BCUT2D eigenvalue weighted by Gasteiger charge is -2.39. The van der Waals surface area contributed by atoms with Crippen LogP contribution < -0.4 is 20.7 Å². The number of anilines is 2. The molecule has 6 rings (SSSR count). The molecule has 44 heavy (non-hydrogen) atoms. The standard InChI is InChI=1S/C32H35ClF3N5O3/c1-2-43-29(42)25-17-31(18-38-25)10-12-41(13-11-31)26-16-27(40-30(37)39-26)44-28(32(34,35)36)23-9-8-22(33)15-24(23)21-5-3-4-20(14-21)19-6-7-19/h3-5,8-9,14-16,19,25,28,38H,2,6-7,10-13,17-18H2,1H3,(H2,37,39,40)/t25-,28+/m0/s1. The maximum absolute atomic E-state index is 14.7. The van der Waals surface area contributed by atoms with Gasteiger partial charge in [0, 0.05) is 36.3 Å². The fourth-order valence-electron chi connectivity index (χ4n) is 6.38. The molecule has 2 aromatic carbocycles. The van der Waals surface area contributed by atoms with E-state index >= 15 is 0 Å². The highest BCUT2D eigenvalue weighted by Gasteiger charge is 2.46. The van der Waals surface area contributed by atoms with Crippen LogP contribution in [0.5, 0.6) is 5.88 Å². The Kier molecular flexibility index (Phi) is 8.36. The minimum atomic E-state index is -4.76. The molecule has 1 aromatic heterocycles. The second kappa shape index (κ2) is 12.1. The van der Waals surface area contributed by atoms with E-state index in [-0.39, 0.29) is 34.8 Å². The molecule has 3 fully saturated rings. The summed E-state index contributed by atoms with van der Waals surface area (Å²) < 4.78 is 54.9. The summed E-state index contributed by atoms with van der Waals surface area (Å²) in [5.41, 5.74) is 7.94. The van der Waals surface area contributed by atoms with Crippen LogP contribution >= 0.6 is 11.6 Å². The summed E-state index contributed by atoms with van der Waals surface area (Å²) in [4.78, 5) is 22.5. The van der Waals surface area contributed by atoms with Crippen molar-refractivity contribution in [3.05, 3.63) is 64.7 Å². The highest BCUT2D eigenvalue weighted by atomic mass is 35.5. The molecule has 2 atom stereocenters. The van der Waals surface area contributed by atoms with Gasteiger partial charge in [-0.15, -0.1) is 0 Å². The number of nitrogens with one attached hydrogen (secondary N) is 1. The van der Waals surface area contributed by atoms with Gasteiger partial charge in [-0.3, -0.25) is 4.79 Å². The number of benzene rings is 2. The molecular weight excluding hydrogens is 595 g/mol. The van der Waals surface area contributed by atoms with E-state index in [0.717, 1.165) is 31.2 Å². The first kappa shape index (κ1) is 30.5. The number of carbonyl (C=O) groups excluding carboxylic acids is 1. The summed E-state index contributed by atoms with van der Waals surface area (Å²) in [7, 11) is 0. The summed E-state index contributed by atoms with van der Waals surface area (Å²) in [6, 6.07) is 13.0. The summed E-state index contributed by atoms with van der Waals surface area (Å²) in [5.74, 6) is 0.133. The molecule has 0 radical (unpaired) electrons. The monoisotopic (exact) mass is 629 g/mol. The van der Waals surface area contributed by atoms with Gasteiger partial charge in [0.25, 0.3) is 0 Å². The van der Waals surface area contributed by atoms with Gasteiger partial charge in [-0.05, 0) is 79.2 Å². The van der Waals surface area contributed by atoms with Crippen LogP contribution in [0, 0.1) is 5.41 Å². The van der Waals surface area contributed by atoms with Crippen LogP contribution in [0.3, 0.4) is 0 Å². The molecule has 3 aromatic rings. The third-order valence-corrected chi connectivity index (χ3v) is 9.10. The van der Waals surface area contributed by atoms with E-state index in [1.165, 1.54) is 18.2 Å². The Labute approximate surface area is 259 Å². The minimum Gasteiger partial charge on any atom is -0.465 e. The molecule has 1 saturated carbocycles. The van der Waals surface area contributed by atoms with Crippen LogP contribution in [0.15, 0.2) is 48.5 Å². The number of aromatic nitrogens is 2. The minimum absolute atomic E-state index is 0.0605. The van der Waals surface area contributed by atoms with Crippen LogP contribution in [0.1, 0.15) is 62.2 Å². The molecule has 1 spiro atoms. The number of halogens is 4. The largest absolute Gasteiger partial charge is 0.465 e. The Morgan fingerprint density at radius 3 is 2.64 bits per heavy atom. The number of hydrogen-bond acceptors (Lipinski definition) is 8. The number of rotatable bonds is 8. The first-order valence-electron chi connectivity index (χ1n) is 15.0. The number of hydrogen-bond donors (Lipinski definition) is 2. The van der Waals surface area contributed by atoms with E-state index in [1.807, 2.05) is 23.1 Å². The fraction of sp³-hybridized carbons (Fsp3) is 0.469. The van der Waals surface area contributed by atoms with Crippen LogP contribution in [-0.4, -0.2) is 54.4 Å². The van der Waals surface area contributed by atoms with Gasteiger partial charge >= 0.3 is 12.1 Å². The van der Waals surface area contributed by atoms with E-state index in [2.05, 4.69) is 15.3 Å². The zero-order valence-electron chi connectivity index (χ0n) is 24.4.